The average Bonchev–Trinajstić information content (AvgIpc) is 2.87. The van der Waals surface area contributed by atoms with Crippen LogP contribution in [0.1, 0.15) is 16.8 Å². The Morgan fingerprint density at radius 3 is 2.61 bits per heavy atom. The van der Waals surface area contributed by atoms with E-state index in [0.717, 1.165) is 12.1 Å². The molecule has 1 aliphatic heterocycles. The summed E-state index contributed by atoms with van der Waals surface area (Å²) >= 11 is 5.47. The number of benzene rings is 1. The van der Waals surface area contributed by atoms with Gasteiger partial charge in [0.25, 0.3) is 0 Å². The maximum absolute atomic E-state index is 12.5. The predicted octanol–water partition coefficient (Wildman–Crippen LogP) is 2.20. The predicted molar refractivity (Wildman–Crippen MR) is 71.8 cm³/mol. The highest BCUT2D eigenvalue weighted by molar-refractivity contribution is 6.30. The second-order valence-electron chi connectivity index (χ2n) is 4.39. The largest absolute Gasteiger partial charge is 0.315 e. The second-order valence-corrected chi connectivity index (χ2v) is 4.83. The van der Waals surface area contributed by atoms with E-state index < -0.39 is 5.82 Å². The summed E-state index contributed by atoms with van der Waals surface area (Å²) in [5, 5.41) is 3.68. The fourth-order valence-corrected chi connectivity index (χ4v) is 1.87. The number of nitrogens with zero attached hydrogens (tertiary/aromatic N) is 1. The monoisotopic (exact) mass is 272 g/mol. The van der Waals surface area contributed by atoms with Crippen LogP contribution in [0.5, 0.6) is 0 Å². The topological polar surface area (TPSA) is 32.3 Å². The molecule has 0 aliphatic carbocycles. The summed E-state index contributed by atoms with van der Waals surface area (Å²) in [6.07, 6.45) is 1.74. The molecule has 1 saturated heterocycles. The van der Waals surface area contributed by atoms with Crippen LogP contribution in [0, 0.1) is 5.82 Å². The van der Waals surface area contributed by atoms with Gasteiger partial charge < -0.3 is 10.2 Å². The number of hydrogen-bond donors (Lipinski definition) is 1. The Labute approximate surface area is 112 Å². The number of likely N-dealkylation sites (N-methyl/N-ethyl adjacent to an activating group) is 1. The van der Waals surface area contributed by atoms with Gasteiger partial charge in [-0.3, -0.25) is 4.79 Å². The zero-order chi connectivity index (χ0) is 13.5. The first kappa shape index (κ1) is 15.1. The minimum Gasteiger partial charge on any atom is -0.315 e. The summed E-state index contributed by atoms with van der Waals surface area (Å²) < 4.78 is 12.5. The van der Waals surface area contributed by atoms with Crippen molar-refractivity contribution in [1.82, 2.24) is 10.2 Å². The number of aldehydes is 1. The number of carbonyl (C=O) groups excluding carboxylic acids is 1. The van der Waals surface area contributed by atoms with Gasteiger partial charge in [-0.1, -0.05) is 11.6 Å². The molecule has 0 bridgehead atoms. The molecule has 1 N–H and O–H groups in total. The van der Waals surface area contributed by atoms with E-state index in [-0.39, 0.29) is 5.56 Å². The van der Waals surface area contributed by atoms with Crippen LogP contribution in [0.3, 0.4) is 0 Å². The summed E-state index contributed by atoms with van der Waals surface area (Å²) in [6.45, 7) is 2.37. The van der Waals surface area contributed by atoms with Crippen LogP contribution >= 0.6 is 11.6 Å². The van der Waals surface area contributed by atoms with Crippen LogP contribution < -0.4 is 5.32 Å². The smallest absolute Gasteiger partial charge is 0.153 e. The molecule has 1 aromatic rings. The second kappa shape index (κ2) is 7.46. The Kier molecular flexibility index (Phi) is 6.25. The highest BCUT2D eigenvalue weighted by Gasteiger charge is 2.14. The lowest BCUT2D eigenvalue weighted by atomic mass is 10.2. The van der Waals surface area contributed by atoms with Crippen molar-refractivity contribution in [2.45, 2.75) is 12.5 Å². The highest BCUT2D eigenvalue weighted by Crippen LogP contribution is 2.12. The third-order valence-electron chi connectivity index (χ3n) is 2.85. The van der Waals surface area contributed by atoms with Crippen LogP contribution in [0.4, 0.5) is 4.39 Å². The van der Waals surface area contributed by atoms with Gasteiger partial charge in [0.05, 0.1) is 5.56 Å². The first-order valence-electron chi connectivity index (χ1n) is 5.82. The van der Waals surface area contributed by atoms with Gasteiger partial charge in [0.15, 0.2) is 6.29 Å². The number of rotatable bonds is 2. The number of halogens is 2. The van der Waals surface area contributed by atoms with E-state index in [1.165, 1.54) is 31.6 Å². The maximum atomic E-state index is 12.5. The molecule has 1 atom stereocenters. The number of carbonyl (C=O) groups is 1. The van der Waals surface area contributed by atoms with Crippen molar-refractivity contribution in [2.75, 3.05) is 27.2 Å². The van der Waals surface area contributed by atoms with E-state index in [0.29, 0.717) is 11.3 Å². The summed E-state index contributed by atoms with van der Waals surface area (Å²) in [4.78, 5) is 12.4. The fourth-order valence-electron chi connectivity index (χ4n) is 1.69. The first-order valence-corrected chi connectivity index (χ1v) is 6.19. The third-order valence-corrected chi connectivity index (χ3v) is 3.08. The Hall–Kier alpha value is -0.970. The van der Waals surface area contributed by atoms with E-state index in [2.05, 4.69) is 24.3 Å². The van der Waals surface area contributed by atoms with Gasteiger partial charge in [-0.15, -0.1) is 0 Å². The molecule has 1 aliphatic rings. The lowest BCUT2D eigenvalue weighted by Crippen LogP contribution is -2.29. The van der Waals surface area contributed by atoms with E-state index >= 15 is 0 Å². The molecule has 0 unspecified atom stereocenters. The van der Waals surface area contributed by atoms with E-state index in [9.17, 15) is 9.18 Å². The Morgan fingerprint density at radius 2 is 2.22 bits per heavy atom. The molecule has 0 saturated carbocycles. The first-order chi connectivity index (χ1) is 8.54. The van der Waals surface area contributed by atoms with Gasteiger partial charge in [-0.05, 0) is 45.3 Å². The molecule has 0 radical (unpaired) electrons. The van der Waals surface area contributed by atoms with Crippen molar-refractivity contribution in [2.24, 2.45) is 0 Å². The molecule has 2 rings (SSSR count). The van der Waals surface area contributed by atoms with Crippen molar-refractivity contribution < 1.29 is 9.18 Å². The average molecular weight is 273 g/mol. The summed E-state index contributed by atoms with van der Waals surface area (Å²) in [7, 11) is 4.27. The van der Waals surface area contributed by atoms with Crippen LogP contribution in [0.25, 0.3) is 0 Å². The number of hydrogen-bond acceptors (Lipinski definition) is 3. The summed E-state index contributed by atoms with van der Waals surface area (Å²) in [6, 6.07) is 4.62. The molecule has 1 fully saturated rings. The molecule has 0 spiro atoms. The van der Waals surface area contributed by atoms with E-state index in [1.807, 2.05) is 0 Å². The molecule has 18 heavy (non-hydrogen) atoms. The number of nitrogens with one attached hydrogen (secondary N) is 1. The zero-order valence-electron chi connectivity index (χ0n) is 10.6. The van der Waals surface area contributed by atoms with Gasteiger partial charge in [0.2, 0.25) is 0 Å². The van der Waals surface area contributed by atoms with E-state index in [4.69, 9.17) is 11.6 Å². The van der Waals surface area contributed by atoms with Gasteiger partial charge in [0.1, 0.15) is 5.82 Å². The lowest BCUT2D eigenvalue weighted by molar-refractivity contribution is 0.112. The van der Waals surface area contributed by atoms with Crippen molar-refractivity contribution in [3.63, 3.8) is 0 Å². The molecule has 0 amide bonds. The Balaban J connectivity index is 0.000000184. The summed E-state index contributed by atoms with van der Waals surface area (Å²) in [5.41, 5.74) is -0.00694. The quantitative estimate of drug-likeness (QED) is 0.838. The normalized spacial score (nSPS) is 18.4. The SMILES string of the molecule is CN(C)[C@H]1CCNC1.O=Cc1cc(Cl)ccc1F. The fraction of sp³-hybridized carbons (Fsp3) is 0.462. The maximum Gasteiger partial charge on any atom is 0.153 e. The van der Waals surface area contributed by atoms with E-state index in [1.54, 1.807) is 0 Å². The van der Waals surface area contributed by atoms with Crippen molar-refractivity contribution in [3.8, 4) is 0 Å². The standard InChI is InChI=1S/C7H4ClFO.C6H14N2/c8-6-1-2-7(9)5(3-6)4-10;1-8(2)6-3-4-7-5-6/h1-4H;6-7H,3-5H2,1-2H3/t;6-/m.0/s1. The molecule has 5 heteroatoms. The molecular formula is C13H18ClFN2O. The molecular weight excluding hydrogens is 255 g/mol. The Morgan fingerprint density at radius 1 is 1.50 bits per heavy atom. The van der Waals surface area contributed by atoms with Crippen LogP contribution in [0.15, 0.2) is 18.2 Å². The lowest BCUT2D eigenvalue weighted by Gasteiger charge is -2.16. The minimum absolute atomic E-state index is 0.00694. The molecule has 100 valence electrons. The van der Waals surface area contributed by atoms with Gasteiger partial charge in [-0.2, -0.15) is 0 Å². The van der Waals surface area contributed by atoms with Gasteiger partial charge in [-0.25, -0.2) is 4.39 Å². The molecule has 1 aromatic carbocycles. The highest BCUT2D eigenvalue weighted by atomic mass is 35.5. The minimum atomic E-state index is -0.542. The molecule has 1 heterocycles. The van der Waals surface area contributed by atoms with Crippen LogP contribution in [-0.4, -0.2) is 44.4 Å². The van der Waals surface area contributed by atoms with Crippen molar-refractivity contribution in [1.29, 1.82) is 0 Å². The van der Waals surface area contributed by atoms with Gasteiger partial charge >= 0.3 is 0 Å². The van der Waals surface area contributed by atoms with Crippen LogP contribution in [-0.2, 0) is 0 Å². The third kappa shape index (κ3) is 4.72. The van der Waals surface area contributed by atoms with Crippen molar-refractivity contribution in [3.05, 3.63) is 34.6 Å². The van der Waals surface area contributed by atoms with Crippen LogP contribution in [0.2, 0.25) is 5.02 Å². The molecule has 3 nitrogen and oxygen atoms in total. The van der Waals surface area contributed by atoms with Crippen molar-refractivity contribution >= 4 is 17.9 Å². The molecule has 0 aromatic heterocycles. The summed E-state index contributed by atoms with van der Waals surface area (Å²) in [5.74, 6) is -0.542. The Bertz CT molecular complexity index is 393. The zero-order valence-corrected chi connectivity index (χ0v) is 11.4. The van der Waals surface area contributed by atoms with Gasteiger partial charge in [0, 0.05) is 17.6 Å².